The summed E-state index contributed by atoms with van der Waals surface area (Å²) in [6.45, 7) is 0. The minimum atomic E-state index is -1.41. The summed E-state index contributed by atoms with van der Waals surface area (Å²) in [5.74, 6) is -0.653. The lowest BCUT2D eigenvalue weighted by Crippen LogP contribution is -2.24. The van der Waals surface area contributed by atoms with Gasteiger partial charge in [-0.2, -0.15) is 0 Å². The van der Waals surface area contributed by atoms with Gasteiger partial charge < -0.3 is 14.9 Å². The fraction of sp³-hybridized carbons (Fsp3) is 0.364. The van der Waals surface area contributed by atoms with Crippen LogP contribution in [0.3, 0.4) is 0 Å². The van der Waals surface area contributed by atoms with Crippen LogP contribution in [0.4, 0.5) is 0 Å². The molecule has 2 unspecified atom stereocenters. The second-order valence-corrected chi connectivity index (χ2v) is 3.39. The van der Waals surface area contributed by atoms with E-state index in [9.17, 15) is 19.8 Å². The molecule has 0 saturated heterocycles. The van der Waals surface area contributed by atoms with Crippen molar-refractivity contribution >= 4 is 12.3 Å². The monoisotopic (exact) mass is 239 g/mol. The van der Waals surface area contributed by atoms with Gasteiger partial charge in [0, 0.05) is 11.8 Å². The Balaban J connectivity index is 2.84. The van der Waals surface area contributed by atoms with E-state index >= 15 is 0 Å². The molecule has 0 radical (unpaired) electrons. The average Bonchev–Trinajstić information content (AvgIpc) is 2.37. The summed E-state index contributed by atoms with van der Waals surface area (Å²) < 4.78 is 4.36. The second kappa shape index (κ2) is 6.07. The van der Waals surface area contributed by atoms with Crippen LogP contribution >= 0.6 is 0 Å². The fourth-order valence-electron chi connectivity index (χ4n) is 1.32. The largest absolute Gasteiger partial charge is 0.469 e. The molecule has 92 valence electrons. The summed E-state index contributed by atoms with van der Waals surface area (Å²) in [6, 6.07) is 3.00. The predicted molar refractivity (Wildman–Crippen MR) is 57.2 cm³/mol. The number of ether oxygens (including phenoxy) is 1. The van der Waals surface area contributed by atoms with Crippen LogP contribution in [0.15, 0.2) is 18.3 Å². The highest BCUT2D eigenvalue weighted by Gasteiger charge is 2.24. The highest BCUT2D eigenvalue weighted by Crippen LogP contribution is 2.19. The van der Waals surface area contributed by atoms with Gasteiger partial charge in [0.1, 0.15) is 6.10 Å². The molecule has 0 saturated carbocycles. The van der Waals surface area contributed by atoms with Crippen LogP contribution in [-0.2, 0) is 9.53 Å². The molecule has 0 aliphatic rings. The van der Waals surface area contributed by atoms with Gasteiger partial charge in [-0.15, -0.1) is 0 Å². The number of aromatic nitrogens is 1. The maximum absolute atomic E-state index is 10.9. The van der Waals surface area contributed by atoms with Gasteiger partial charge in [0.15, 0.2) is 6.29 Å². The van der Waals surface area contributed by atoms with Gasteiger partial charge >= 0.3 is 5.97 Å². The number of methoxy groups -OCH3 is 1. The van der Waals surface area contributed by atoms with Crippen LogP contribution in [0, 0.1) is 0 Å². The van der Waals surface area contributed by atoms with Gasteiger partial charge in [-0.1, -0.05) is 0 Å². The highest BCUT2D eigenvalue weighted by atomic mass is 16.5. The Bertz CT molecular complexity index is 407. The third-order valence-electron chi connectivity index (χ3n) is 2.25. The zero-order valence-electron chi connectivity index (χ0n) is 9.24. The Morgan fingerprint density at radius 2 is 2.29 bits per heavy atom. The molecule has 0 spiro atoms. The molecule has 1 rings (SSSR count). The number of aliphatic hydroxyl groups is 2. The first-order valence-corrected chi connectivity index (χ1v) is 4.93. The molecule has 6 heteroatoms. The SMILES string of the molecule is COC(=O)CC(O)C(O)c1ncccc1C=O. The van der Waals surface area contributed by atoms with Gasteiger partial charge in [-0.05, 0) is 12.1 Å². The number of aliphatic hydroxyl groups excluding tert-OH is 2. The van der Waals surface area contributed by atoms with Crippen molar-refractivity contribution in [1.29, 1.82) is 0 Å². The number of nitrogens with zero attached hydrogens (tertiary/aromatic N) is 1. The summed E-state index contributed by atoms with van der Waals surface area (Å²) in [5, 5.41) is 19.4. The molecule has 6 nitrogen and oxygen atoms in total. The number of esters is 1. The van der Waals surface area contributed by atoms with E-state index in [1.165, 1.54) is 25.4 Å². The first kappa shape index (κ1) is 13.3. The normalized spacial score (nSPS) is 13.8. The van der Waals surface area contributed by atoms with Crippen LogP contribution in [-0.4, -0.2) is 40.7 Å². The van der Waals surface area contributed by atoms with Crippen molar-refractivity contribution in [3.8, 4) is 0 Å². The second-order valence-electron chi connectivity index (χ2n) is 3.39. The van der Waals surface area contributed by atoms with Crippen LogP contribution < -0.4 is 0 Å². The van der Waals surface area contributed by atoms with Crippen molar-refractivity contribution in [1.82, 2.24) is 4.98 Å². The molecule has 0 fully saturated rings. The van der Waals surface area contributed by atoms with E-state index in [2.05, 4.69) is 9.72 Å². The summed E-state index contributed by atoms with van der Waals surface area (Å²) in [7, 11) is 1.18. The van der Waals surface area contributed by atoms with E-state index in [4.69, 9.17) is 0 Å². The first-order valence-electron chi connectivity index (χ1n) is 4.93. The Labute approximate surface area is 97.9 Å². The molecule has 1 aromatic rings. The Morgan fingerprint density at radius 3 is 2.88 bits per heavy atom. The van der Waals surface area contributed by atoms with Crippen LogP contribution in [0.2, 0.25) is 0 Å². The Morgan fingerprint density at radius 1 is 1.59 bits per heavy atom. The predicted octanol–water partition coefficient (Wildman–Crippen LogP) is -0.149. The molecule has 0 aliphatic carbocycles. The lowest BCUT2D eigenvalue weighted by Gasteiger charge is -2.17. The minimum Gasteiger partial charge on any atom is -0.469 e. The van der Waals surface area contributed by atoms with E-state index < -0.39 is 18.2 Å². The van der Waals surface area contributed by atoms with Gasteiger partial charge in [-0.25, -0.2) is 0 Å². The molecule has 0 amide bonds. The molecule has 1 aromatic heterocycles. The standard InChI is InChI=1S/C11H13NO5/c1-17-9(15)5-8(14)11(16)10-7(6-13)3-2-4-12-10/h2-4,6,8,11,14,16H,5H2,1H3. The summed E-state index contributed by atoms with van der Waals surface area (Å²) >= 11 is 0. The summed E-state index contributed by atoms with van der Waals surface area (Å²) in [5.41, 5.74) is 0.211. The molecule has 0 bridgehead atoms. The summed E-state index contributed by atoms with van der Waals surface area (Å²) in [6.07, 6.45) is -1.23. The summed E-state index contributed by atoms with van der Waals surface area (Å²) in [4.78, 5) is 25.4. The van der Waals surface area contributed by atoms with E-state index in [-0.39, 0.29) is 17.7 Å². The van der Waals surface area contributed by atoms with Crippen molar-refractivity contribution in [2.75, 3.05) is 7.11 Å². The average molecular weight is 239 g/mol. The van der Waals surface area contributed by atoms with Crippen molar-refractivity contribution in [3.05, 3.63) is 29.6 Å². The van der Waals surface area contributed by atoms with E-state index in [1.807, 2.05) is 0 Å². The zero-order valence-corrected chi connectivity index (χ0v) is 9.24. The minimum absolute atomic E-state index is 0.0407. The van der Waals surface area contributed by atoms with Crippen LogP contribution in [0.25, 0.3) is 0 Å². The number of carbonyl (C=O) groups is 2. The molecular formula is C11H13NO5. The molecule has 2 N–H and O–H groups in total. The molecule has 17 heavy (non-hydrogen) atoms. The fourth-order valence-corrected chi connectivity index (χ4v) is 1.32. The van der Waals surface area contributed by atoms with Crippen LogP contribution in [0.1, 0.15) is 28.6 Å². The van der Waals surface area contributed by atoms with Crippen LogP contribution in [0.5, 0.6) is 0 Å². The van der Waals surface area contributed by atoms with E-state index in [0.29, 0.717) is 6.29 Å². The van der Waals surface area contributed by atoms with E-state index in [1.54, 1.807) is 0 Å². The van der Waals surface area contributed by atoms with E-state index in [0.717, 1.165) is 0 Å². The molecule has 2 atom stereocenters. The Hall–Kier alpha value is -1.79. The molecular weight excluding hydrogens is 226 g/mol. The smallest absolute Gasteiger partial charge is 0.308 e. The first-order chi connectivity index (χ1) is 8.10. The third kappa shape index (κ3) is 3.33. The number of aldehydes is 1. The maximum atomic E-state index is 10.9. The van der Waals surface area contributed by atoms with Crippen molar-refractivity contribution in [2.24, 2.45) is 0 Å². The quantitative estimate of drug-likeness (QED) is 0.548. The van der Waals surface area contributed by atoms with Gasteiger partial charge in [0.2, 0.25) is 0 Å². The lowest BCUT2D eigenvalue weighted by molar-refractivity contribution is -0.144. The number of rotatable bonds is 5. The van der Waals surface area contributed by atoms with Gasteiger partial charge in [-0.3, -0.25) is 14.6 Å². The zero-order chi connectivity index (χ0) is 12.8. The Kier molecular flexibility index (Phi) is 4.74. The van der Waals surface area contributed by atoms with Gasteiger partial charge in [0.25, 0.3) is 0 Å². The van der Waals surface area contributed by atoms with Crippen molar-refractivity contribution < 1.29 is 24.5 Å². The van der Waals surface area contributed by atoms with Crippen molar-refractivity contribution in [2.45, 2.75) is 18.6 Å². The van der Waals surface area contributed by atoms with Gasteiger partial charge in [0.05, 0.1) is 25.3 Å². The highest BCUT2D eigenvalue weighted by molar-refractivity contribution is 5.76. The number of pyridine rings is 1. The lowest BCUT2D eigenvalue weighted by atomic mass is 10.0. The number of carbonyl (C=O) groups excluding carboxylic acids is 2. The number of hydrogen-bond donors (Lipinski definition) is 2. The third-order valence-corrected chi connectivity index (χ3v) is 2.25. The maximum Gasteiger partial charge on any atom is 0.308 e. The van der Waals surface area contributed by atoms with Crippen molar-refractivity contribution in [3.63, 3.8) is 0 Å². The molecule has 1 heterocycles. The molecule has 0 aliphatic heterocycles. The number of hydrogen-bond acceptors (Lipinski definition) is 6. The molecule has 0 aromatic carbocycles. The topological polar surface area (TPSA) is 96.7 Å².